The molecule has 204 valence electrons. The van der Waals surface area contributed by atoms with E-state index < -0.39 is 11.8 Å². The maximum Gasteiger partial charge on any atom is 0.258 e. The molecule has 39 heavy (non-hydrogen) atoms. The highest BCUT2D eigenvalue weighted by Crippen LogP contribution is 2.33. The number of fused-ring (bicyclic) bond motifs is 1. The maximum absolute atomic E-state index is 13.4. The Morgan fingerprint density at radius 2 is 1.59 bits per heavy atom. The van der Waals surface area contributed by atoms with Gasteiger partial charge in [0.05, 0.1) is 11.1 Å². The zero-order chi connectivity index (χ0) is 27.4. The van der Waals surface area contributed by atoms with Gasteiger partial charge in [-0.25, -0.2) is 0 Å². The van der Waals surface area contributed by atoms with Crippen LogP contribution in [0, 0.1) is 0 Å². The van der Waals surface area contributed by atoms with Crippen molar-refractivity contribution in [2.24, 2.45) is 0 Å². The lowest BCUT2D eigenvalue weighted by molar-refractivity contribution is 0.0748. The van der Waals surface area contributed by atoms with Crippen LogP contribution >= 0.6 is 0 Å². The molecule has 0 bridgehead atoms. The van der Waals surface area contributed by atoms with Gasteiger partial charge in [-0.15, -0.1) is 0 Å². The highest BCUT2D eigenvalue weighted by molar-refractivity contribution is 6.03. The first-order valence-electron chi connectivity index (χ1n) is 13.5. The summed E-state index contributed by atoms with van der Waals surface area (Å²) in [5.41, 5.74) is 2.90. The van der Waals surface area contributed by atoms with Crippen LogP contribution in [-0.2, 0) is 19.6 Å². The summed E-state index contributed by atoms with van der Waals surface area (Å²) in [6.07, 6.45) is 3.81. The van der Waals surface area contributed by atoms with Crippen molar-refractivity contribution >= 4 is 11.8 Å². The van der Waals surface area contributed by atoms with Crippen LogP contribution in [0.3, 0.4) is 0 Å². The minimum absolute atomic E-state index is 0.0185. The van der Waals surface area contributed by atoms with E-state index in [0.29, 0.717) is 26.2 Å². The Kier molecular flexibility index (Phi) is 8.02. The third-order valence-electron chi connectivity index (χ3n) is 7.50. The van der Waals surface area contributed by atoms with Crippen LogP contribution in [0.2, 0.25) is 0 Å². The third-order valence-corrected chi connectivity index (χ3v) is 7.50. The number of likely N-dealkylation sites (tertiary alicyclic amines) is 1. The molecule has 0 saturated carbocycles. The number of phenolic OH excluding ortho intramolecular Hbond substituents is 2. The van der Waals surface area contributed by atoms with Crippen LogP contribution in [0.15, 0.2) is 60.7 Å². The van der Waals surface area contributed by atoms with Crippen molar-refractivity contribution in [3.05, 3.63) is 88.5 Å². The molecule has 0 spiro atoms. The van der Waals surface area contributed by atoms with Crippen molar-refractivity contribution in [1.82, 2.24) is 14.7 Å². The maximum atomic E-state index is 13.4. The number of rotatable bonds is 8. The molecule has 0 unspecified atom stereocenters. The van der Waals surface area contributed by atoms with E-state index in [-0.39, 0.29) is 22.6 Å². The van der Waals surface area contributed by atoms with Gasteiger partial charge < -0.3 is 24.7 Å². The zero-order valence-electron chi connectivity index (χ0n) is 22.3. The highest BCUT2D eigenvalue weighted by atomic mass is 16.5. The smallest absolute Gasteiger partial charge is 0.258 e. The van der Waals surface area contributed by atoms with E-state index in [1.807, 2.05) is 48.5 Å². The molecule has 3 aromatic carbocycles. The zero-order valence-corrected chi connectivity index (χ0v) is 22.3. The van der Waals surface area contributed by atoms with E-state index in [2.05, 4.69) is 4.90 Å². The second-order valence-electron chi connectivity index (χ2n) is 10.4. The molecule has 0 aromatic heterocycles. The number of carbonyl (C=O) groups is 2. The second-order valence-corrected chi connectivity index (χ2v) is 10.4. The Hall–Kier alpha value is -4.04. The van der Waals surface area contributed by atoms with Crippen LogP contribution < -0.4 is 4.74 Å². The summed E-state index contributed by atoms with van der Waals surface area (Å²) < 4.78 is 6.00. The number of phenols is 2. The molecule has 0 radical (unpaired) electrons. The van der Waals surface area contributed by atoms with Crippen molar-refractivity contribution in [2.45, 2.75) is 38.9 Å². The number of nitrogens with zero attached hydrogens (tertiary/aromatic N) is 3. The minimum Gasteiger partial charge on any atom is -0.507 e. The molecule has 2 N–H and O–H groups in total. The van der Waals surface area contributed by atoms with Gasteiger partial charge in [0, 0.05) is 39.3 Å². The summed E-state index contributed by atoms with van der Waals surface area (Å²) in [4.78, 5) is 32.1. The monoisotopic (exact) mass is 529 g/mol. The number of carbonyl (C=O) groups excluding carboxylic acids is 2. The van der Waals surface area contributed by atoms with Gasteiger partial charge in [-0.3, -0.25) is 14.5 Å². The second kappa shape index (κ2) is 11.8. The molecule has 1 fully saturated rings. The minimum atomic E-state index is -0.443. The Morgan fingerprint density at radius 1 is 0.872 bits per heavy atom. The molecular formula is C31H35N3O5. The predicted octanol–water partition coefficient (Wildman–Crippen LogP) is 4.39. The van der Waals surface area contributed by atoms with E-state index in [9.17, 15) is 19.8 Å². The number of ether oxygens (including phenoxy) is 1. The number of hydrogen-bond acceptors (Lipinski definition) is 6. The Bertz CT molecular complexity index is 1340. The van der Waals surface area contributed by atoms with Gasteiger partial charge in [-0.1, -0.05) is 42.8 Å². The molecule has 2 aliphatic rings. The molecule has 8 nitrogen and oxygen atoms in total. The fourth-order valence-electron chi connectivity index (χ4n) is 5.30. The number of piperidine rings is 1. The summed E-state index contributed by atoms with van der Waals surface area (Å²) in [5, 5.41) is 20.9. The van der Waals surface area contributed by atoms with Gasteiger partial charge in [0.15, 0.2) is 0 Å². The van der Waals surface area contributed by atoms with E-state index in [1.54, 1.807) is 11.9 Å². The molecule has 0 atom stereocenters. The van der Waals surface area contributed by atoms with E-state index in [1.165, 1.54) is 30.2 Å². The van der Waals surface area contributed by atoms with Crippen LogP contribution in [0.1, 0.15) is 56.7 Å². The quantitative estimate of drug-likeness (QED) is 0.450. The van der Waals surface area contributed by atoms with Gasteiger partial charge in [0.25, 0.3) is 11.8 Å². The Morgan fingerprint density at radius 3 is 2.36 bits per heavy atom. The van der Waals surface area contributed by atoms with Gasteiger partial charge in [-0.05, 0) is 60.8 Å². The van der Waals surface area contributed by atoms with Gasteiger partial charge in [0.2, 0.25) is 0 Å². The number of aromatic hydroxyl groups is 2. The van der Waals surface area contributed by atoms with E-state index in [4.69, 9.17) is 4.74 Å². The number of benzene rings is 3. The molecule has 1 saturated heterocycles. The average Bonchev–Trinajstić information content (AvgIpc) is 3.37. The molecule has 8 heteroatoms. The molecule has 5 rings (SSSR count). The third kappa shape index (κ3) is 6.17. The largest absolute Gasteiger partial charge is 0.507 e. The number of hydrogen-bond donors (Lipinski definition) is 2. The summed E-state index contributed by atoms with van der Waals surface area (Å²) >= 11 is 0. The normalized spacial score (nSPS) is 15.2. The fourth-order valence-corrected chi connectivity index (χ4v) is 5.30. The van der Waals surface area contributed by atoms with E-state index >= 15 is 0 Å². The summed E-state index contributed by atoms with van der Waals surface area (Å²) in [7, 11) is 1.63. The van der Waals surface area contributed by atoms with Crippen LogP contribution in [-0.4, -0.2) is 70.0 Å². The highest BCUT2D eigenvalue weighted by Gasteiger charge is 2.29. The first-order chi connectivity index (χ1) is 18.9. The van der Waals surface area contributed by atoms with Crippen molar-refractivity contribution in [3.8, 4) is 17.2 Å². The standard InChI is InChI=1S/C31H35N3O5/c1-32(19-22-8-4-2-5-9-22)30(37)26-17-27(29(36)18-28(26)35)31(38)34-20-23-10-11-25(16-24(23)21-34)39-15-14-33-12-6-3-7-13-33/h2,4-5,8-11,16-18,35-36H,3,6-7,12-15,19-21H2,1H3. The summed E-state index contributed by atoms with van der Waals surface area (Å²) in [6.45, 7) is 4.89. The lowest BCUT2D eigenvalue weighted by Gasteiger charge is -2.26. The van der Waals surface area contributed by atoms with Crippen molar-refractivity contribution in [2.75, 3.05) is 33.3 Å². The average molecular weight is 530 g/mol. The lowest BCUT2D eigenvalue weighted by Crippen LogP contribution is -2.33. The predicted molar refractivity (Wildman–Crippen MR) is 148 cm³/mol. The first-order valence-corrected chi connectivity index (χ1v) is 13.5. The Balaban J connectivity index is 1.24. The van der Waals surface area contributed by atoms with Crippen LogP contribution in [0.4, 0.5) is 0 Å². The Labute approximate surface area is 229 Å². The summed E-state index contributed by atoms with van der Waals surface area (Å²) in [6, 6.07) is 17.7. The van der Waals surface area contributed by atoms with E-state index in [0.717, 1.165) is 48.1 Å². The number of amides is 2. The molecule has 2 amide bonds. The first kappa shape index (κ1) is 26.6. The van der Waals surface area contributed by atoms with Crippen molar-refractivity contribution in [1.29, 1.82) is 0 Å². The van der Waals surface area contributed by atoms with Crippen LogP contribution in [0.5, 0.6) is 17.2 Å². The molecule has 2 aliphatic heterocycles. The molecular weight excluding hydrogens is 494 g/mol. The van der Waals surface area contributed by atoms with Crippen LogP contribution in [0.25, 0.3) is 0 Å². The topological polar surface area (TPSA) is 93.6 Å². The lowest BCUT2D eigenvalue weighted by atomic mass is 10.1. The van der Waals surface area contributed by atoms with Gasteiger partial charge >= 0.3 is 0 Å². The fraction of sp³-hybridized carbons (Fsp3) is 0.355. The van der Waals surface area contributed by atoms with Gasteiger partial charge in [0.1, 0.15) is 23.9 Å². The van der Waals surface area contributed by atoms with Crippen molar-refractivity contribution < 1.29 is 24.5 Å². The molecule has 3 aromatic rings. The molecule has 2 heterocycles. The van der Waals surface area contributed by atoms with Gasteiger partial charge in [-0.2, -0.15) is 0 Å². The SMILES string of the molecule is CN(Cc1ccccc1)C(=O)c1cc(C(=O)N2Cc3ccc(OCCN4CCCCC4)cc3C2)c(O)cc1O. The summed E-state index contributed by atoms with van der Waals surface area (Å²) in [5.74, 6) is -0.804. The van der Waals surface area contributed by atoms with Crippen molar-refractivity contribution in [3.63, 3.8) is 0 Å². The molecule has 0 aliphatic carbocycles.